The quantitative estimate of drug-likeness (QED) is 0.684. The number of hydrogen-bond acceptors (Lipinski definition) is 2. The van der Waals surface area contributed by atoms with Gasteiger partial charge in [0.25, 0.3) is 0 Å². The molecule has 2 heteroatoms. The van der Waals surface area contributed by atoms with Gasteiger partial charge in [0, 0.05) is 17.9 Å². The third kappa shape index (κ3) is 0.998. The molecule has 1 N–H and O–H groups in total. The molecule has 1 aliphatic carbocycles. The molecule has 2 nitrogen and oxygen atoms in total. The van der Waals surface area contributed by atoms with Gasteiger partial charge in [-0.2, -0.15) is 0 Å². The summed E-state index contributed by atoms with van der Waals surface area (Å²) in [5.41, 5.74) is 0.786. The van der Waals surface area contributed by atoms with Gasteiger partial charge >= 0.3 is 0 Å². The van der Waals surface area contributed by atoms with Crippen molar-refractivity contribution in [2.75, 3.05) is 0 Å². The Morgan fingerprint density at radius 2 is 2.08 bits per heavy atom. The van der Waals surface area contributed by atoms with Crippen LogP contribution < -0.4 is 0 Å². The standard InChI is InChI=1S/C10H10O2/c11-9-4-2-1-3-7(9)8-5-6-10(8)12/h1-4,8,11H,5-6H2/t8-/m0/s1. The topological polar surface area (TPSA) is 37.3 Å². The molecular weight excluding hydrogens is 152 g/mol. The zero-order chi connectivity index (χ0) is 8.55. The van der Waals surface area contributed by atoms with E-state index in [9.17, 15) is 9.90 Å². The van der Waals surface area contributed by atoms with Gasteiger partial charge in [-0.1, -0.05) is 18.2 Å². The Labute approximate surface area is 70.8 Å². The van der Waals surface area contributed by atoms with E-state index in [1.807, 2.05) is 12.1 Å². The summed E-state index contributed by atoms with van der Waals surface area (Å²) >= 11 is 0. The van der Waals surface area contributed by atoms with Crippen LogP contribution in [0.1, 0.15) is 24.3 Å². The maximum absolute atomic E-state index is 11.1. The highest BCUT2D eigenvalue weighted by molar-refractivity contribution is 5.91. The Bertz CT molecular complexity index is 317. The minimum Gasteiger partial charge on any atom is -0.508 e. The molecule has 1 saturated carbocycles. The molecule has 0 amide bonds. The number of carbonyl (C=O) groups is 1. The van der Waals surface area contributed by atoms with Crippen molar-refractivity contribution in [1.82, 2.24) is 0 Å². The van der Waals surface area contributed by atoms with Crippen molar-refractivity contribution >= 4 is 5.78 Å². The summed E-state index contributed by atoms with van der Waals surface area (Å²) < 4.78 is 0. The van der Waals surface area contributed by atoms with Gasteiger partial charge < -0.3 is 5.11 Å². The highest BCUT2D eigenvalue weighted by Gasteiger charge is 2.30. The Balaban J connectivity index is 2.33. The molecule has 0 aliphatic heterocycles. The minimum absolute atomic E-state index is 0.0359. The number of Topliss-reactive ketones (excluding diaryl/α,β-unsaturated/α-hetero) is 1. The van der Waals surface area contributed by atoms with Crippen LogP contribution in [0, 0.1) is 0 Å². The van der Waals surface area contributed by atoms with Crippen LogP contribution in [0.5, 0.6) is 5.75 Å². The molecule has 1 aliphatic rings. The number of aromatic hydroxyl groups is 1. The average molecular weight is 162 g/mol. The second-order valence-corrected chi connectivity index (χ2v) is 3.12. The van der Waals surface area contributed by atoms with Crippen LogP contribution in [0.25, 0.3) is 0 Å². The van der Waals surface area contributed by atoms with E-state index in [1.165, 1.54) is 0 Å². The van der Waals surface area contributed by atoms with Gasteiger partial charge in [-0.15, -0.1) is 0 Å². The normalized spacial score (nSPS) is 22.0. The SMILES string of the molecule is O=C1CC[C@H]1c1ccccc1O. The van der Waals surface area contributed by atoms with E-state index >= 15 is 0 Å². The van der Waals surface area contributed by atoms with Crippen molar-refractivity contribution in [1.29, 1.82) is 0 Å². The highest BCUT2D eigenvalue weighted by Crippen LogP contribution is 2.37. The van der Waals surface area contributed by atoms with Crippen LogP contribution >= 0.6 is 0 Å². The molecule has 0 radical (unpaired) electrons. The molecule has 2 rings (SSSR count). The van der Waals surface area contributed by atoms with Crippen LogP contribution in [0.3, 0.4) is 0 Å². The number of phenolic OH excluding ortho intramolecular Hbond substituents is 1. The van der Waals surface area contributed by atoms with E-state index in [0.717, 1.165) is 12.0 Å². The number of rotatable bonds is 1. The van der Waals surface area contributed by atoms with Crippen molar-refractivity contribution in [2.45, 2.75) is 18.8 Å². The molecule has 0 heterocycles. The largest absolute Gasteiger partial charge is 0.508 e. The van der Waals surface area contributed by atoms with Gasteiger partial charge in [0.1, 0.15) is 11.5 Å². The first-order valence-corrected chi connectivity index (χ1v) is 4.09. The monoisotopic (exact) mass is 162 g/mol. The number of para-hydroxylation sites is 1. The fourth-order valence-corrected chi connectivity index (χ4v) is 1.52. The molecular formula is C10H10O2. The van der Waals surface area contributed by atoms with Gasteiger partial charge in [-0.05, 0) is 12.5 Å². The van der Waals surface area contributed by atoms with E-state index in [0.29, 0.717) is 6.42 Å². The summed E-state index contributed by atoms with van der Waals surface area (Å²) in [5, 5.41) is 9.41. The first-order valence-electron chi connectivity index (χ1n) is 4.09. The summed E-state index contributed by atoms with van der Waals surface area (Å²) in [6, 6.07) is 7.06. The molecule has 62 valence electrons. The van der Waals surface area contributed by atoms with Crippen LogP contribution in [-0.2, 0) is 4.79 Å². The smallest absolute Gasteiger partial charge is 0.140 e. The maximum Gasteiger partial charge on any atom is 0.140 e. The van der Waals surface area contributed by atoms with Crippen molar-refractivity contribution in [2.24, 2.45) is 0 Å². The molecule has 1 fully saturated rings. The fourth-order valence-electron chi connectivity index (χ4n) is 1.52. The molecule has 12 heavy (non-hydrogen) atoms. The third-order valence-corrected chi connectivity index (χ3v) is 2.38. The molecule has 0 spiro atoms. The summed E-state index contributed by atoms with van der Waals surface area (Å²) in [5.74, 6) is 0.457. The fraction of sp³-hybridized carbons (Fsp3) is 0.300. The van der Waals surface area contributed by atoms with Crippen molar-refractivity contribution in [3.63, 3.8) is 0 Å². The molecule has 1 aromatic carbocycles. The van der Waals surface area contributed by atoms with Crippen molar-refractivity contribution < 1.29 is 9.90 Å². The van der Waals surface area contributed by atoms with E-state index < -0.39 is 0 Å². The average Bonchev–Trinajstić information content (AvgIpc) is 2.06. The predicted octanol–water partition coefficient (Wildman–Crippen LogP) is 1.84. The molecule has 0 aromatic heterocycles. The zero-order valence-electron chi connectivity index (χ0n) is 6.66. The van der Waals surface area contributed by atoms with Gasteiger partial charge in [-0.3, -0.25) is 4.79 Å². The summed E-state index contributed by atoms with van der Waals surface area (Å²) in [7, 11) is 0. The maximum atomic E-state index is 11.1. The summed E-state index contributed by atoms with van der Waals surface area (Å²) in [6.45, 7) is 0. The molecule has 1 aromatic rings. The Kier molecular flexibility index (Phi) is 1.61. The lowest BCUT2D eigenvalue weighted by Gasteiger charge is -2.24. The van der Waals surface area contributed by atoms with Crippen LogP contribution in [0.4, 0.5) is 0 Å². The molecule has 1 atom stereocenters. The van der Waals surface area contributed by atoms with Gasteiger partial charge in [-0.25, -0.2) is 0 Å². The molecule has 0 bridgehead atoms. The second kappa shape index (κ2) is 2.63. The van der Waals surface area contributed by atoms with E-state index in [1.54, 1.807) is 12.1 Å². The van der Waals surface area contributed by atoms with Crippen LogP contribution in [0.15, 0.2) is 24.3 Å². The lowest BCUT2D eigenvalue weighted by Crippen LogP contribution is -2.23. The van der Waals surface area contributed by atoms with Crippen LogP contribution in [-0.4, -0.2) is 10.9 Å². The number of phenols is 1. The van der Waals surface area contributed by atoms with Crippen LogP contribution in [0.2, 0.25) is 0 Å². The first-order chi connectivity index (χ1) is 5.79. The number of ketones is 1. The van der Waals surface area contributed by atoms with Crippen molar-refractivity contribution in [3.8, 4) is 5.75 Å². The number of benzene rings is 1. The van der Waals surface area contributed by atoms with E-state index in [4.69, 9.17) is 0 Å². The van der Waals surface area contributed by atoms with Crippen molar-refractivity contribution in [3.05, 3.63) is 29.8 Å². The first kappa shape index (κ1) is 7.35. The third-order valence-electron chi connectivity index (χ3n) is 2.38. The summed E-state index contributed by atoms with van der Waals surface area (Å²) in [4.78, 5) is 11.1. The van der Waals surface area contributed by atoms with E-state index in [-0.39, 0.29) is 17.5 Å². The molecule has 0 saturated heterocycles. The van der Waals surface area contributed by atoms with E-state index in [2.05, 4.69) is 0 Å². The minimum atomic E-state index is -0.0359. The van der Waals surface area contributed by atoms with Gasteiger partial charge in [0.2, 0.25) is 0 Å². The number of carbonyl (C=O) groups excluding carboxylic acids is 1. The number of hydrogen-bond donors (Lipinski definition) is 1. The lowest BCUT2D eigenvalue weighted by molar-refractivity contribution is -0.125. The Morgan fingerprint density at radius 1 is 1.33 bits per heavy atom. The highest BCUT2D eigenvalue weighted by atomic mass is 16.3. The lowest BCUT2D eigenvalue weighted by atomic mass is 9.78. The predicted molar refractivity (Wildman–Crippen MR) is 45.1 cm³/mol. The Hall–Kier alpha value is -1.31. The second-order valence-electron chi connectivity index (χ2n) is 3.12. The van der Waals surface area contributed by atoms with Gasteiger partial charge in [0.15, 0.2) is 0 Å². The molecule has 0 unspecified atom stereocenters. The Morgan fingerprint density at radius 3 is 2.58 bits per heavy atom. The zero-order valence-corrected chi connectivity index (χ0v) is 6.66. The van der Waals surface area contributed by atoms with Gasteiger partial charge in [0.05, 0.1) is 0 Å². The summed E-state index contributed by atoms with van der Waals surface area (Å²) in [6.07, 6.45) is 1.55.